The number of Topliss-reactive ketones (excluding diaryl/α,β-unsaturated/α-hetero) is 1. The first-order valence-corrected chi connectivity index (χ1v) is 12.2. The first-order valence-electron chi connectivity index (χ1n) is 11.2. The van der Waals surface area contributed by atoms with Gasteiger partial charge in [0.1, 0.15) is 11.4 Å². The SMILES string of the molecule is Cn1c(N)c(C(=O)CSc2nnc(-c3c[nH]c4ccccc34)n2CC2CCCO2)c(=O)n(C)c1=O. The van der Waals surface area contributed by atoms with E-state index in [1.54, 1.807) is 0 Å². The molecule has 1 aliphatic rings. The van der Waals surface area contributed by atoms with Gasteiger partial charge in [-0.3, -0.25) is 23.3 Å². The van der Waals surface area contributed by atoms with E-state index in [9.17, 15) is 14.4 Å². The Balaban J connectivity index is 1.48. The van der Waals surface area contributed by atoms with Crippen LogP contribution in [0.2, 0.25) is 0 Å². The number of anilines is 1. The third-order valence-corrected chi connectivity index (χ3v) is 7.25. The molecule has 3 aromatic heterocycles. The molecule has 12 heteroatoms. The minimum absolute atomic E-state index is 0.0246. The second-order valence-corrected chi connectivity index (χ2v) is 9.42. The predicted molar refractivity (Wildman–Crippen MR) is 133 cm³/mol. The zero-order valence-electron chi connectivity index (χ0n) is 19.4. The minimum Gasteiger partial charge on any atom is -0.384 e. The van der Waals surface area contributed by atoms with Crippen LogP contribution in [0.4, 0.5) is 5.82 Å². The molecule has 3 N–H and O–H groups in total. The second-order valence-electron chi connectivity index (χ2n) is 8.48. The summed E-state index contributed by atoms with van der Waals surface area (Å²) in [4.78, 5) is 40.9. The summed E-state index contributed by atoms with van der Waals surface area (Å²) in [5, 5.41) is 10.4. The molecule has 1 saturated heterocycles. The van der Waals surface area contributed by atoms with Gasteiger partial charge in [-0.05, 0) is 18.9 Å². The molecular formula is C23H25N7O4S. The zero-order valence-corrected chi connectivity index (χ0v) is 20.2. The number of nitrogen functional groups attached to an aromatic ring is 1. The lowest BCUT2D eigenvalue weighted by molar-refractivity contribution is 0.0953. The van der Waals surface area contributed by atoms with Crippen molar-refractivity contribution in [3.63, 3.8) is 0 Å². The van der Waals surface area contributed by atoms with Crippen LogP contribution in [-0.4, -0.2) is 53.1 Å². The number of hydrogen-bond acceptors (Lipinski definition) is 8. The van der Waals surface area contributed by atoms with Crippen molar-refractivity contribution in [1.82, 2.24) is 28.9 Å². The van der Waals surface area contributed by atoms with Gasteiger partial charge in [-0.15, -0.1) is 10.2 Å². The molecule has 4 aromatic rings. The molecule has 1 atom stereocenters. The van der Waals surface area contributed by atoms with E-state index < -0.39 is 17.0 Å². The molecule has 5 rings (SSSR count). The van der Waals surface area contributed by atoms with E-state index >= 15 is 0 Å². The first-order chi connectivity index (χ1) is 16.9. The summed E-state index contributed by atoms with van der Waals surface area (Å²) < 4.78 is 9.79. The number of thioether (sulfide) groups is 1. The van der Waals surface area contributed by atoms with Gasteiger partial charge in [0.25, 0.3) is 5.56 Å². The van der Waals surface area contributed by atoms with Crippen molar-refractivity contribution in [3.8, 4) is 11.4 Å². The van der Waals surface area contributed by atoms with Gasteiger partial charge in [0, 0.05) is 43.4 Å². The molecule has 0 radical (unpaired) electrons. The molecule has 1 aliphatic heterocycles. The fraction of sp³-hybridized carbons (Fsp3) is 0.348. The molecule has 1 unspecified atom stereocenters. The van der Waals surface area contributed by atoms with Gasteiger partial charge < -0.3 is 15.5 Å². The number of carbonyl (C=O) groups is 1. The molecule has 0 saturated carbocycles. The molecule has 0 amide bonds. The Morgan fingerprint density at radius 2 is 2.03 bits per heavy atom. The summed E-state index contributed by atoms with van der Waals surface area (Å²) in [7, 11) is 2.74. The quantitative estimate of drug-likeness (QED) is 0.290. The number of carbonyl (C=O) groups excluding carboxylic acids is 1. The van der Waals surface area contributed by atoms with Crippen molar-refractivity contribution in [2.75, 3.05) is 18.1 Å². The summed E-state index contributed by atoms with van der Waals surface area (Å²) in [5.74, 6) is -0.0479. The standard InChI is InChI=1S/C23H25N7O4S/c1-28-19(24)18(21(32)29(2)23(28)33)17(31)12-35-22-27-26-20(30(22)11-13-6-5-9-34-13)15-10-25-16-8-4-3-7-14(15)16/h3-4,7-8,10,13,25H,5-6,9,11-12,24H2,1-2H3. The Morgan fingerprint density at radius 3 is 2.80 bits per heavy atom. The van der Waals surface area contributed by atoms with Crippen LogP contribution in [0.15, 0.2) is 45.2 Å². The van der Waals surface area contributed by atoms with E-state index in [4.69, 9.17) is 10.5 Å². The highest BCUT2D eigenvalue weighted by Gasteiger charge is 2.25. The molecule has 0 bridgehead atoms. The fourth-order valence-corrected chi connectivity index (χ4v) is 5.15. The lowest BCUT2D eigenvalue weighted by atomic mass is 10.1. The predicted octanol–water partition coefficient (Wildman–Crippen LogP) is 1.56. The van der Waals surface area contributed by atoms with Crippen LogP contribution in [0.5, 0.6) is 0 Å². The normalized spacial score (nSPS) is 15.8. The van der Waals surface area contributed by atoms with Gasteiger partial charge in [-0.25, -0.2) is 4.79 Å². The molecule has 11 nitrogen and oxygen atoms in total. The zero-order chi connectivity index (χ0) is 24.7. The lowest BCUT2D eigenvalue weighted by Gasteiger charge is -2.14. The van der Waals surface area contributed by atoms with Gasteiger partial charge in [0.15, 0.2) is 16.8 Å². The van der Waals surface area contributed by atoms with E-state index in [-0.39, 0.29) is 23.2 Å². The number of aromatic amines is 1. The number of hydrogen-bond donors (Lipinski definition) is 2. The number of aromatic nitrogens is 6. The van der Waals surface area contributed by atoms with E-state index in [2.05, 4.69) is 15.2 Å². The van der Waals surface area contributed by atoms with Crippen LogP contribution in [0, 0.1) is 0 Å². The largest absolute Gasteiger partial charge is 0.384 e. The summed E-state index contributed by atoms with van der Waals surface area (Å²) in [5.41, 5.74) is 6.34. The Hall–Kier alpha value is -3.64. The van der Waals surface area contributed by atoms with Crippen LogP contribution in [0.1, 0.15) is 23.2 Å². The maximum absolute atomic E-state index is 13.0. The average molecular weight is 496 g/mol. The Labute approximate surface area is 203 Å². The molecular weight excluding hydrogens is 470 g/mol. The fourth-order valence-electron chi connectivity index (χ4n) is 4.33. The maximum atomic E-state index is 13.0. The molecule has 35 heavy (non-hydrogen) atoms. The van der Waals surface area contributed by atoms with Crippen molar-refractivity contribution in [2.45, 2.75) is 30.6 Å². The highest BCUT2D eigenvalue weighted by atomic mass is 32.2. The summed E-state index contributed by atoms with van der Waals surface area (Å²) >= 11 is 1.17. The van der Waals surface area contributed by atoms with Crippen molar-refractivity contribution in [2.24, 2.45) is 14.1 Å². The van der Waals surface area contributed by atoms with Crippen LogP contribution < -0.4 is 17.0 Å². The molecule has 0 spiro atoms. The molecule has 1 aromatic carbocycles. The monoisotopic (exact) mass is 495 g/mol. The topological polar surface area (TPSA) is 143 Å². The van der Waals surface area contributed by atoms with Crippen molar-refractivity contribution in [1.29, 1.82) is 0 Å². The molecule has 182 valence electrons. The van der Waals surface area contributed by atoms with Gasteiger partial charge in [-0.1, -0.05) is 30.0 Å². The maximum Gasteiger partial charge on any atom is 0.332 e. The number of ketones is 1. The van der Waals surface area contributed by atoms with Crippen LogP contribution in [-0.2, 0) is 25.4 Å². The third-order valence-electron chi connectivity index (χ3n) is 6.28. The van der Waals surface area contributed by atoms with E-state index in [1.807, 2.05) is 35.0 Å². The summed E-state index contributed by atoms with van der Waals surface area (Å²) in [6, 6.07) is 7.93. The third kappa shape index (κ3) is 4.08. The van der Waals surface area contributed by atoms with E-state index in [0.29, 0.717) is 24.1 Å². The Morgan fingerprint density at radius 1 is 1.23 bits per heavy atom. The van der Waals surface area contributed by atoms with Gasteiger partial charge in [-0.2, -0.15) is 0 Å². The number of para-hydroxylation sites is 1. The number of nitrogens with one attached hydrogen (secondary N) is 1. The highest BCUT2D eigenvalue weighted by Crippen LogP contribution is 2.31. The molecule has 1 fully saturated rings. The smallest absolute Gasteiger partial charge is 0.332 e. The van der Waals surface area contributed by atoms with Gasteiger partial charge in [0.2, 0.25) is 0 Å². The van der Waals surface area contributed by atoms with E-state index in [0.717, 1.165) is 38.4 Å². The number of benzene rings is 1. The Bertz CT molecular complexity index is 1540. The molecule has 4 heterocycles. The number of nitrogens with zero attached hydrogens (tertiary/aromatic N) is 5. The van der Waals surface area contributed by atoms with Crippen molar-refractivity contribution in [3.05, 3.63) is 56.9 Å². The number of ether oxygens (including phenoxy) is 1. The highest BCUT2D eigenvalue weighted by molar-refractivity contribution is 7.99. The van der Waals surface area contributed by atoms with Crippen molar-refractivity contribution < 1.29 is 9.53 Å². The lowest BCUT2D eigenvalue weighted by Crippen LogP contribution is -2.41. The minimum atomic E-state index is -0.712. The number of H-pyrrole nitrogens is 1. The summed E-state index contributed by atoms with van der Waals surface area (Å²) in [6.45, 7) is 1.26. The number of nitrogens with two attached hydrogens (primary N) is 1. The average Bonchev–Trinajstić information content (AvgIpc) is 3.61. The number of rotatable bonds is 7. The van der Waals surface area contributed by atoms with Crippen LogP contribution in [0.25, 0.3) is 22.3 Å². The first kappa shape index (κ1) is 23.1. The van der Waals surface area contributed by atoms with Gasteiger partial charge >= 0.3 is 5.69 Å². The van der Waals surface area contributed by atoms with Crippen molar-refractivity contribution >= 4 is 34.3 Å². The van der Waals surface area contributed by atoms with Crippen LogP contribution >= 0.6 is 11.8 Å². The molecule has 0 aliphatic carbocycles. The summed E-state index contributed by atoms with van der Waals surface area (Å²) in [6.07, 6.45) is 3.84. The van der Waals surface area contributed by atoms with E-state index in [1.165, 1.54) is 25.9 Å². The van der Waals surface area contributed by atoms with Crippen LogP contribution in [0.3, 0.4) is 0 Å². The number of fused-ring (bicyclic) bond motifs is 1. The Kier molecular flexibility index (Phi) is 6.07. The second kappa shape index (κ2) is 9.19. The van der Waals surface area contributed by atoms with Gasteiger partial charge in [0.05, 0.1) is 18.4 Å².